The number of ether oxygens (including phenoxy) is 1. The fourth-order valence-electron chi connectivity index (χ4n) is 4.36. The van der Waals surface area contributed by atoms with E-state index in [9.17, 15) is 9.59 Å². The Kier molecular flexibility index (Phi) is 5.33. The fraction of sp³-hybridized carbons (Fsp3) is 0.737. The summed E-state index contributed by atoms with van der Waals surface area (Å²) in [6, 6.07) is 0.851. The molecule has 2 heterocycles. The molecule has 148 valence electrons. The van der Waals surface area contributed by atoms with Gasteiger partial charge in [-0.3, -0.25) is 9.89 Å². The number of fused-ring (bicyclic) bond motifs is 1. The zero-order valence-electron chi connectivity index (χ0n) is 15.9. The summed E-state index contributed by atoms with van der Waals surface area (Å²) in [5.74, 6) is -0.0527. The van der Waals surface area contributed by atoms with Crippen molar-refractivity contribution in [2.45, 2.75) is 70.0 Å². The molecule has 1 saturated carbocycles. The summed E-state index contributed by atoms with van der Waals surface area (Å²) in [6.07, 6.45) is 6.73. The van der Waals surface area contributed by atoms with Gasteiger partial charge in [0, 0.05) is 42.5 Å². The third-order valence-electron chi connectivity index (χ3n) is 6.08. The zero-order valence-corrected chi connectivity index (χ0v) is 15.9. The van der Waals surface area contributed by atoms with Gasteiger partial charge in [-0.25, -0.2) is 4.79 Å². The molecule has 8 nitrogen and oxygen atoms in total. The molecular formula is C19H29N5O3. The van der Waals surface area contributed by atoms with Crippen molar-refractivity contribution in [2.75, 3.05) is 19.7 Å². The highest BCUT2D eigenvalue weighted by Crippen LogP contribution is 2.25. The number of aromatic amines is 1. The molecule has 0 radical (unpaired) electrons. The molecule has 8 heteroatoms. The number of H-pyrrole nitrogens is 1. The van der Waals surface area contributed by atoms with Crippen LogP contribution in [0.2, 0.25) is 0 Å². The quantitative estimate of drug-likeness (QED) is 0.722. The van der Waals surface area contributed by atoms with Crippen LogP contribution in [0.1, 0.15) is 60.8 Å². The van der Waals surface area contributed by atoms with Gasteiger partial charge in [-0.15, -0.1) is 0 Å². The maximum Gasteiger partial charge on any atom is 0.409 e. The van der Waals surface area contributed by atoms with E-state index in [4.69, 9.17) is 4.74 Å². The number of nitrogens with one attached hydrogen (secondary N) is 3. The maximum atomic E-state index is 12.6. The van der Waals surface area contributed by atoms with Crippen molar-refractivity contribution in [2.24, 2.45) is 0 Å². The van der Waals surface area contributed by atoms with Crippen molar-refractivity contribution < 1.29 is 14.3 Å². The van der Waals surface area contributed by atoms with E-state index in [1.165, 1.54) is 0 Å². The first-order chi connectivity index (χ1) is 13.2. The average molecular weight is 375 g/mol. The Labute approximate surface area is 159 Å². The number of carbonyl (C=O) groups excluding carboxylic acids is 2. The molecule has 2 amide bonds. The van der Waals surface area contributed by atoms with Gasteiger partial charge in [0.15, 0.2) is 5.69 Å². The number of aromatic nitrogens is 2. The number of hydrogen-bond donors (Lipinski definition) is 3. The Morgan fingerprint density at radius 2 is 1.96 bits per heavy atom. The molecule has 0 bridgehead atoms. The van der Waals surface area contributed by atoms with E-state index < -0.39 is 0 Å². The molecule has 2 aliphatic carbocycles. The molecule has 3 N–H and O–H groups in total. The first-order valence-electron chi connectivity index (χ1n) is 10.2. The Hall–Kier alpha value is -2.09. The Morgan fingerprint density at radius 3 is 2.67 bits per heavy atom. The molecule has 27 heavy (non-hydrogen) atoms. The van der Waals surface area contributed by atoms with Crippen LogP contribution in [0.15, 0.2) is 0 Å². The molecule has 1 aromatic heterocycles. The van der Waals surface area contributed by atoms with E-state index in [1.54, 1.807) is 4.90 Å². The second kappa shape index (κ2) is 7.88. The minimum atomic E-state index is -0.212. The highest BCUT2D eigenvalue weighted by Gasteiger charge is 2.36. The average Bonchev–Trinajstić information content (AvgIpc) is 3.27. The zero-order chi connectivity index (χ0) is 18.8. The number of rotatable bonds is 5. The molecule has 3 aliphatic rings. The summed E-state index contributed by atoms with van der Waals surface area (Å²) in [5.41, 5.74) is 2.80. The molecule has 1 aromatic rings. The third-order valence-corrected chi connectivity index (χ3v) is 6.08. The lowest BCUT2D eigenvalue weighted by atomic mass is 9.85. The van der Waals surface area contributed by atoms with E-state index >= 15 is 0 Å². The minimum Gasteiger partial charge on any atom is -0.450 e. The molecule has 0 aromatic carbocycles. The third kappa shape index (κ3) is 3.81. The van der Waals surface area contributed by atoms with Crippen molar-refractivity contribution in [1.29, 1.82) is 0 Å². The predicted molar refractivity (Wildman–Crippen MR) is 99.6 cm³/mol. The van der Waals surface area contributed by atoms with Crippen LogP contribution < -0.4 is 10.6 Å². The van der Waals surface area contributed by atoms with Crippen LogP contribution in [0.25, 0.3) is 0 Å². The van der Waals surface area contributed by atoms with E-state index in [0.29, 0.717) is 24.4 Å². The SMILES string of the molecule is CCOC(=O)N1CCC(N[C@@H]2CC[C@@H]2NC(=O)c2n[nH]c3c2CCC3)CC1. The lowest BCUT2D eigenvalue weighted by molar-refractivity contribution is 0.0835. The maximum absolute atomic E-state index is 12.6. The Balaban J connectivity index is 1.24. The Morgan fingerprint density at radius 1 is 1.19 bits per heavy atom. The monoisotopic (exact) mass is 375 g/mol. The molecule has 2 fully saturated rings. The van der Waals surface area contributed by atoms with Crippen LogP contribution in [0, 0.1) is 0 Å². The molecule has 1 aliphatic heterocycles. The predicted octanol–water partition coefficient (Wildman–Crippen LogP) is 1.37. The number of aryl methyl sites for hydroxylation is 1. The van der Waals surface area contributed by atoms with E-state index in [2.05, 4.69) is 20.8 Å². The number of amides is 2. The van der Waals surface area contributed by atoms with Crippen molar-refractivity contribution in [3.63, 3.8) is 0 Å². The molecule has 4 rings (SSSR count). The van der Waals surface area contributed by atoms with Crippen LogP contribution in [0.4, 0.5) is 4.79 Å². The summed E-state index contributed by atoms with van der Waals surface area (Å²) in [7, 11) is 0. The smallest absolute Gasteiger partial charge is 0.409 e. The van der Waals surface area contributed by atoms with Crippen molar-refractivity contribution >= 4 is 12.0 Å². The summed E-state index contributed by atoms with van der Waals surface area (Å²) in [5, 5.41) is 14.1. The summed E-state index contributed by atoms with van der Waals surface area (Å²) in [6.45, 7) is 3.69. The molecule has 0 spiro atoms. The fourth-order valence-corrected chi connectivity index (χ4v) is 4.36. The van der Waals surface area contributed by atoms with Gasteiger partial charge in [0.25, 0.3) is 5.91 Å². The van der Waals surface area contributed by atoms with Gasteiger partial charge in [0.05, 0.1) is 6.61 Å². The first-order valence-corrected chi connectivity index (χ1v) is 10.2. The van der Waals surface area contributed by atoms with Gasteiger partial charge in [0.2, 0.25) is 0 Å². The van der Waals surface area contributed by atoms with Gasteiger partial charge in [-0.05, 0) is 51.9 Å². The van der Waals surface area contributed by atoms with Gasteiger partial charge < -0.3 is 20.3 Å². The Bertz CT molecular complexity index is 696. The van der Waals surface area contributed by atoms with Crippen LogP contribution in [0.5, 0.6) is 0 Å². The minimum absolute atomic E-state index is 0.0527. The van der Waals surface area contributed by atoms with Crippen LogP contribution in [0.3, 0.4) is 0 Å². The van der Waals surface area contributed by atoms with Crippen LogP contribution in [-0.2, 0) is 17.6 Å². The lowest BCUT2D eigenvalue weighted by Crippen LogP contribution is -2.60. The van der Waals surface area contributed by atoms with E-state index in [0.717, 1.165) is 69.3 Å². The summed E-state index contributed by atoms with van der Waals surface area (Å²) < 4.78 is 5.07. The number of piperidine rings is 1. The topological polar surface area (TPSA) is 99.3 Å². The van der Waals surface area contributed by atoms with E-state index in [1.807, 2.05) is 6.92 Å². The number of hydrogen-bond acceptors (Lipinski definition) is 5. The van der Waals surface area contributed by atoms with E-state index in [-0.39, 0.29) is 18.0 Å². The largest absolute Gasteiger partial charge is 0.450 e. The first kappa shape index (κ1) is 18.3. The number of carbonyl (C=O) groups is 2. The van der Waals surface area contributed by atoms with Gasteiger partial charge in [0.1, 0.15) is 0 Å². The van der Waals surface area contributed by atoms with Crippen LogP contribution in [-0.4, -0.2) is 64.9 Å². The van der Waals surface area contributed by atoms with Crippen molar-refractivity contribution in [3.05, 3.63) is 17.0 Å². The molecule has 2 atom stereocenters. The summed E-state index contributed by atoms with van der Waals surface area (Å²) in [4.78, 5) is 26.2. The van der Waals surface area contributed by atoms with Crippen LogP contribution >= 0.6 is 0 Å². The van der Waals surface area contributed by atoms with Gasteiger partial charge in [-0.1, -0.05) is 0 Å². The molecule has 0 unspecified atom stereocenters. The second-order valence-corrected chi connectivity index (χ2v) is 7.77. The highest BCUT2D eigenvalue weighted by molar-refractivity contribution is 5.94. The lowest BCUT2D eigenvalue weighted by Gasteiger charge is -2.42. The number of likely N-dealkylation sites (tertiary alicyclic amines) is 1. The van der Waals surface area contributed by atoms with Crippen molar-refractivity contribution in [3.8, 4) is 0 Å². The summed E-state index contributed by atoms with van der Waals surface area (Å²) >= 11 is 0. The van der Waals surface area contributed by atoms with Gasteiger partial charge in [-0.2, -0.15) is 5.10 Å². The molecule has 1 saturated heterocycles. The number of nitrogens with zero attached hydrogens (tertiary/aromatic N) is 2. The van der Waals surface area contributed by atoms with Gasteiger partial charge >= 0.3 is 6.09 Å². The standard InChI is InChI=1S/C19H29N5O3/c1-2-27-19(26)24-10-8-12(9-11-24)20-15-6-7-16(15)21-18(25)17-13-4-3-5-14(13)22-23-17/h12,15-16,20H,2-11H2,1H3,(H,21,25)(H,22,23)/t15-,16+/m1/s1. The normalized spacial score (nSPS) is 25.0. The molecular weight excluding hydrogens is 346 g/mol. The van der Waals surface area contributed by atoms with Crippen molar-refractivity contribution in [1.82, 2.24) is 25.7 Å². The second-order valence-electron chi connectivity index (χ2n) is 7.77. The highest BCUT2D eigenvalue weighted by atomic mass is 16.6.